The zero-order chi connectivity index (χ0) is 12.0. The minimum atomic E-state index is -0.167. The monoisotopic (exact) mass is 279 g/mol. The Morgan fingerprint density at radius 3 is 2.94 bits per heavy atom. The van der Waals surface area contributed by atoms with Crippen LogP contribution in [-0.4, -0.2) is 11.9 Å². The van der Waals surface area contributed by atoms with Crippen molar-refractivity contribution in [1.29, 1.82) is 0 Å². The summed E-state index contributed by atoms with van der Waals surface area (Å²) in [5.74, 6) is 2.50. The lowest BCUT2D eigenvalue weighted by molar-refractivity contribution is -0.120. The van der Waals surface area contributed by atoms with E-state index in [9.17, 15) is 4.79 Å². The van der Waals surface area contributed by atoms with Crippen molar-refractivity contribution in [2.45, 2.75) is 25.8 Å². The Morgan fingerprint density at radius 1 is 1.62 bits per heavy atom. The van der Waals surface area contributed by atoms with E-state index >= 15 is 0 Å². The molecule has 0 fully saturated rings. The molecule has 1 aromatic carbocycles. The molecule has 0 aliphatic carbocycles. The van der Waals surface area contributed by atoms with E-state index in [0.29, 0.717) is 6.42 Å². The van der Waals surface area contributed by atoms with E-state index in [-0.39, 0.29) is 11.9 Å². The Bertz CT molecular complexity index is 409. The first-order valence-corrected chi connectivity index (χ1v) is 5.95. The molecule has 84 valence electrons. The van der Waals surface area contributed by atoms with E-state index in [1.807, 2.05) is 31.2 Å². The number of carbonyl (C=O) groups is 1. The summed E-state index contributed by atoms with van der Waals surface area (Å²) in [5, 5.41) is 2.79. The van der Waals surface area contributed by atoms with Crippen LogP contribution in [0.5, 0.6) is 0 Å². The molecular weight excluding hydrogens is 266 g/mol. The second kappa shape index (κ2) is 6.34. The van der Waals surface area contributed by atoms with Gasteiger partial charge in [-0.25, -0.2) is 0 Å². The Balaban J connectivity index is 2.55. The number of hydrogen-bond acceptors (Lipinski definition) is 1. The number of amides is 1. The van der Waals surface area contributed by atoms with Crippen molar-refractivity contribution in [3.63, 3.8) is 0 Å². The summed E-state index contributed by atoms with van der Waals surface area (Å²) >= 11 is 3.37. The van der Waals surface area contributed by atoms with E-state index < -0.39 is 0 Å². The second-order valence-corrected chi connectivity index (χ2v) is 4.42. The number of nitrogens with one attached hydrogen (secondary N) is 1. The van der Waals surface area contributed by atoms with Crippen LogP contribution in [0.15, 0.2) is 28.7 Å². The minimum Gasteiger partial charge on any atom is -0.342 e. The van der Waals surface area contributed by atoms with Gasteiger partial charge in [-0.3, -0.25) is 4.79 Å². The lowest BCUT2D eigenvalue weighted by Gasteiger charge is -2.10. The predicted molar refractivity (Wildman–Crippen MR) is 68.9 cm³/mol. The van der Waals surface area contributed by atoms with Gasteiger partial charge in [-0.1, -0.05) is 40.9 Å². The largest absolute Gasteiger partial charge is 0.342 e. The quantitative estimate of drug-likeness (QED) is 0.844. The molecule has 0 aliphatic rings. The third kappa shape index (κ3) is 4.08. The first-order valence-electron chi connectivity index (χ1n) is 5.15. The normalized spacial score (nSPS) is 11.6. The molecule has 0 saturated heterocycles. The van der Waals surface area contributed by atoms with E-state index in [4.69, 9.17) is 6.42 Å². The zero-order valence-corrected chi connectivity index (χ0v) is 10.8. The summed E-state index contributed by atoms with van der Waals surface area (Å²) in [6.45, 7) is 1.95. The van der Waals surface area contributed by atoms with Gasteiger partial charge in [0.15, 0.2) is 0 Å². The van der Waals surface area contributed by atoms with Crippen molar-refractivity contribution in [1.82, 2.24) is 5.32 Å². The van der Waals surface area contributed by atoms with Crippen LogP contribution in [0.3, 0.4) is 0 Å². The summed E-state index contributed by atoms with van der Waals surface area (Å²) in [6, 6.07) is 7.51. The number of halogens is 1. The lowest BCUT2D eigenvalue weighted by atomic mass is 10.1. The Labute approximate surface area is 105 Å². The number of carbonyl (C=O) groups excluding carboxylic acids is 1. The maximum Gasteiger partial charge on any atom is 0.225 e. The fourth-order valence-electron chi connectivity index (χ4n) is 1.34. The summed E-state index contributed by atoms with van der Waals surface area (Å²) in [7, 11) is 0. The van der Waals surface area contributed by atoms with Crippen molar-refractivity contribution >= 4 is 21.8 Å². The molecular formula is C13H14BrNO. The number of terminal acetylenes is 1. The molecule has 0 spiro atoms. The average molecular weight is 280 g/mol. The molecule has 0 radical (unpaired) electrons. The van der Waals surface area contributed by atoms with Crippen LogP contribution in [0.25, 0.3) is 0 Å². The van der Waals surface area contributed by atoms with Gasteiger partial charge < -0.3 is 5.32 Å². The SMILES string of the molecule is C#CC(CC)NC(=O)Cc1cccc(Br)c1. The molecule has 1 aromatic rings. The van der Waals surface area contributed by atoms with Crippen LogP contribution in [0.4, 0.5) is 0 Å². The van der Waals surface area contributed by atoms with Gasteiger partial charge >= 0.3 is 0 Å². The van der Waals surface area contributed by atoms with E-state index in [1.54, 1.807) is 0 Å². The molecule has 1 amide bonds. The fourth-order valence-corrected chi connectivity index (χ4v) is 1.79. The van der Waals surface area contributed by atoms with Gasteiger partial charge in [-0.2, -0.15) is 0 Å². The first-order chi connectivity index (χ1) is 7.65. The summed E-state index contributed by atoms with van der Waals surface area (Å²) in [5.41, 5.74) is 0.971. The van der Waals surface area contributed by atoms with Crippen LogP contribution >= 0.6 is 15.9 Å². The predicted octanol–water partition coefficient (Wildman–Crippen LogP) is 2.52. The fraction of sp³-hybridized carbons (Fsp3) is 0.308. The van der Waals surface area contributed by atoms with Gasteiger partial charge in [0, 0.05) is 4.47 Å². The van der Waals surface area contributed by atoms with Crippen molar-refractivity contribution < 1.29 is 4.79 Å². The third-order valence-corrected chi connectivity index (χ3v) is 2.69. The van der Waals surface area contributed by atoms with Crippen LogP contribution in [0, 0.1) is 12.3 Å². The molecule has 1 rings (SSSR count). The van der Waals surface area contributed by atoms with Crippen LogP contribution in [0.1, 0.15) is 18.9 Å². The third-order valence-electron chi connectivity index (χ3n) is 2.20. The van der Waals surface area contributed by atoms with Crippen molar-refractivity contribution in [3.05, 3.63) is 34.3 Å². The highest BCUT2D eigenvalue weighted by Crippen LogP contribution is 2.12. The van der Waals surface area contributed by atoms with Crippen LogP contribution in [-0.2, 0) is 11.2 Å². The standard InChI is InChI=1S/C13H14BrNO/c1-3-12(4-2)15-13(16)9-10-6-5-7-11(14)8-10/h1,5-8,12H,4,9H2,2H3,(H,15,16). The summed E-state index contributed by atoms with van der Waals surface area (Å²) in [6.07, 6.45) is 6.39. The Kier molecular flexibility index (Phi) is 5.07. The molecule has 0 aliphatic heterocycles. The van der Waals surface area contributed by atoms with E-state index in [1.165, 1.54) is 0 Å². The van der Waals surface area contributed by atoms with Gasteiger partial charge in [0.2, 0.25) is 5.91 Å². The lowest BCUT2D eigenvalue weighted by Crippen LogP contribution is -2.34. The van der Waals surface area contributed by atoms with Crippen molar-refractivity contribution in [2.75, 3.05) is 0 Å². The van der Waals surface area contributed by atoms with Crippen molar-refractivity contribution in [3.8, 4) is 12.3 Å². The Hall–Kier alpha value is -1.27. The topological polar surface area (TPSA) is 29.1 Å². The average Bonchev–Trinajstić information content (AvgIpc) is 2.26. The molecule has 0 aromatic heterocycles. The maximum atomic E-state index is 11.6. The number of hydrogen-bond donors (Lipinski definition) is 1. The van der Waals surface area contributed by atoms with Gasteiger partial charge in [0.1, 0.15) is 0 Å². The molecule has 0 bridgehead atoms. The summed E-state index contributed by atoms with van der Waals surface area (Å²) < 4.78 is 0.974. The molecule has 1 atom stereocenters. The minimum absolute atomic E-state index is 0.0390. The van der Waals surface area contributed by atoms with Crippen molar-refractivity contribution in [2.24, 2.45) is 0 Å². The van der Waals surface area contributed by atoms with E-state index in [2.05, 4.69) is 27.2 Å². The number of benzene rings is 1. The second-order valence-electron chi connectivity index (χ2n) is 3.50. The zero-order valence-electron chi connectivity index (χ0n) is 9.16. The van der Waals surface area contributed by atoms with Crippen LogP contribution < -0.4 is 5.32 Å². The molecule has 0 saturated carbocycles. The first kappa shape index (κ1) is 12.8. The summed E-state index contributed by atoms with van der Waals surface area (Å²) in [4.78, 5) is 11.6. The highest BCUT2D eigenvalue weighted by atomic mass is 79.9. The highest BCUT2D eigenvalue weighted by Gasteiger charge is 2.08. The van der Waals surface area contributed by atoms with E-state index in [0.717, 1.165) is 16.5 Å². The molecule has 1 unspecified atom stereocenters. The highest BCUT2D eigenvalue weighted by molar-refractivity contribution is 9.10. The number of rotatable bonds is 4. The molecule has 16 heavy (non-hydrogen) atoms. The van der Waals surface area contributed by atoms with Gasteiger partial charge in [-0.05, 0) is 24.1 Å². The maximum absolute atomic E-state index is 11.6. The smallest absolute Gasteiger partial charge is 0.225 e. The van der Waals surface area contributed by atoms with Gasteiger partial charge in [0.05, 0.1) is 12.5 Å². The van der Waals surface area contributed by atoms with Gasteiger partial charge in [-0.15, -0.1) is 6.42 Å². The molecule has 3 heteroatoms. The Morgan fingerprint density at radius 2 is 2.38 bits per heavy atom. The van der Waals surface area contributed by atoms with Gasteiger partial charge in [0.25, 0.3) is 0 Å². The molecule has 0 heterocycles. The molecule has 1 N–H and O–H groups in total. The molecule has 2 nitrogen and oxygen atoms in total. The van der Waals surface area contributed by atoms with Crippen LogP contribution in [0.2, 0.25) is 0 Å².